The summed E-state index contributed by atoms with van der Waals surface area (Å²) in [7, 11) is 3.32. The van der Waals surface area contributed by atoms with Crippen molar-refractivity contribution in [3.63, 3.8) is 0 Å². The molecule has 0 saturated carbocycles. The smallest absolute Gasteiger partial charge is 0.151 e. The maximum absolute atomic E-state index is 14.5. The van der Waals surface area contributed by atoms with Crippen molar-refractivity contribution >= 4 is 5.78 Å². The SMILES string of the molecule is COc1ccc([C@H]2N[C@@H](c3ccc(OC)cc3)[C@H](c3ccccc3)C(=O)[C@@H]2c2ccccc2)cc1. The molecule has 0 radical (unpaired) electrons. The number of Topliss-reactive ketones (excluding diaryl/α,β-unsaturated/α-hetero) is 1. The molecule has 5 rings (SSSR count). The lowest BCUT2D eigenvalue weighted by atomic mass is 9.70. The Hall–Kier alpha value is -3.89. The Bertz CT molecular complexity index is 1160. The number of nitrogens with one attached hydrogen (secondary N) is 1. The van der Waals surface area contributed by atoms with E-state index in [1.807, 2.05) is 84.9 Å². The Morgan fingerprint density at radius 1 is 0.514 bits per heavy atom. The Balaban J connectivity index is 1.64. The highest BCUT2D eigenvalue weighted by molar-refractivity contribution is 5.94. The van der Waals surface area contributed by atoms with Crippen molar-refractivity contribution in [1.82, 2.24) is 5.32 Å². The summed E-state index contributed by atoms with van der Waals surface area (Å²) in [6.45, 7) is 0. The van der Waals surface area contributed by atoms with E-state index in [9.17, 15) is 4.79 Å². The first-order valence-electron chi connectivity index (χ1n) is 11.9. The van der Waals surface area contributed by atoms with E-state index in [0.29, 0.717) is 0 Å². The minimum Gasteiger partial charge on any atom is -0.497 e. The Labute approximate surface area is 206 Å². The van der Waals surface area contributed by atoms with Crippen LogP contribution >= 0.6 is 0 Å². The van der Waals surface area contributed by atoms with Crippen LogP contribution in [-0.4, -0.2) is 20.0 Å². The number of benzene rings is 4. The highest BCUT2D eigenvalue weighted by Crippen LogP contribution is 2.47. The molecule has 1 N–H and O–H groups in total. The summed E-state index contributed by atoms with van der Waals surface area (Å²) in [5, 5.41) is 3.89. The van der Waals surface area contributed by atoms with Crippen molar-refractivity contribution in [3.05, 3.63) is 131 Å². The lowest BCUT2D eigenvalue weighted by Gasteiger charge is -2.42. The predicted octanol–water partition coefficient (Wildman–Crippen LogP) is 6.23. The van der Waals surface area contributed by atoms with E-state index in [1.54, 1.807) is 14.2 Å². The van der Waals surface area contributed by atoms with Crippen LogP contribution in [0.1, 0.15) is 46.2 Å². The average Bonchev–Trinajstić information content (AvgIpc) is 2.93. The molecule has 0 aliphatic carbocycles. The summed E-state index contributed by atoms with van der Waals surface area (Å²) >= 11 is 0. The lowest BCUT2D eigenvalue weighted by Crippen LogP contribution is -2.46. The summed E-state index contributed by atoms with van der Waals surface area (Å²) < 4.78 is 10.8. The molecule has 0 unspecified atom stereocenters. The number of hydrogen-bond donors (Lipinski definition) is 1. The maximum atomic E-state index is 14.5. The third-order valence-corrected chi connectivity index (χ3v) is 6.91. The molecule has 0 amide bonds. The first kappa shape index (κ1) is 22.9. The van der Waals surface area contributed by atoms with Gasteiger partial charge < -0.3 is 14.8 Å². The van der Waals surface area contributed by atoms with E-state index in [-0.39, 0.29) is 29.7 Å². The van der Waals surface area contributed by atoms with Gasteiger partial charge in [-0.1, -0.05) is 84.9 Å². The van der Waals surface area contributed by atoms with Crippen molar-refractivity contribution < 1.29 is 14.3 Å². The van der Waals surface area contributed by atoms with Crippen LogP contribution in [-0.2, 0) is 4.79 Å². The van der Waals surface area contributed by atoms with Gasteiger partial charge in [-0.3, -0.25) is 4.79 Å². The topological polar surface area (TPSA) is 47.6 Å². The van der Waals surface area contributed by atoms with Gasteiger partial charge in [-0.05, 0) is 46.5 Å². The van der Waals surface area contributed by atoms with E-state index in [1.165, 1.54) is 0 Å². The first-order chi connectivity index (χ1) is 17.2. The van der Waals surface area contributed by atoms with Crippen LogP contribution in [0.2, 0.25) is 0 Å². The molecule has 1 fully saturated rings. The van der Waals surface area contributed by atoms with Crippen molar-refractivity contribution in [2.45, 2.75) is 23.9 Å². The molecule has 0 bridgehead atoms. The van der Waals surface area contributed by atoms with Gasteiger partial charge in [0.25, 0.3) is 0 Å². The average molecular weight is 464 g/mol. The summed E-state index contributed by atoms with van der Waals surface area (Å²) in [5.41, 5.74) is 4.14. The van der Waals surface area contributed by atoms with Crippen LogP contribution in [0.15, 0.2) is 109 Å². The molecule has 176 valence electrons. The fraction of sp³-hybridized carbons (Fsp3) is 0.194. The Morgan fingerprint density at radius 3 is 1.23 bits per heavy atom. The van der Waals surface area contributed by atoms with Gasteiger partial charge in [0, 0.05) is 12.1 Å². The van der Waals surface area contributed by atoms with Crippen molar-refractivity contribution in [2.75, 3.05) is 14.2 Å². The number of hydrogen-bond acceptors (Lipinski definition) is 4. The van der Waals surface area contributed by atoms with Crippen LogP contribution < -0.4 is 14.8 Å². The number of methoxy groups -OCH3 is 2. The standard InChI is InChI=1S/C31H29NO3/c1-34-25-17-13-23(14-18-25)29-27(21-9-5-3-6-10-21)31(33)28(22-11-7-4-8-12-22)30(32-29)24-15-19-26(35-2)20-16-24/h3-20,27-30,32H,1-2H3/t27-,28+,29-,30+. The van der Waals surface area contributed by atoms with Crippen LogP contribution in [0, 0.1) is 0 Å². The molecular weight excluding hydrogens is 434 g/mol. The zero-order valence-electron chi connectivity index (χ0n) is 19.9. The predicted molar refractivity (Wildman–Crippen MR) is 138 cm³/mol. The molecule has 4 nitrogen and oxygen atoms in total. The zero-order valence-corrected chi connectivity index (χ0v) is 19.9. The second kappa shape index (κ2) is 10.2. The number of ketones is 1. The number of ether oxygens (including phenoxy) is 2. The van der Waals surface area contributed by atoms with Crippen LogP contribution in [0.3, 0.4) is 0 Å². The summed E-state index contributed by atoms with van der Waals surface area (Å²) in [6, 6.07) is 35.8. The van der Waals surface area contributed by atoms with Gasteiger partial charge in [-0.2, -0.15) is 0 Å². The van der Waals surface area contributed by atoms with E-state index in [0.717, 1.165) is 33.8 Å². The molecule has 1 heterocycles. The van der Waals surface area contributed by atoms with E-state index >= 15 is 0 Å². The van der Waals surface area contributed by atoms with Gasteiger partial charge in [-0.25, -0.2) is 0 Å². The van der Waals surface area contributed by atoms with E-state index < -0.39 is 0 Å². The first-order valence-corrected chi connectivity index (χ1v) is 11.9. The molecule has 1 aliphatic heterocycles. The van der Waals surface area contributed by atoms with Crippen molar-refractivity contribution in [3.8, 4) is 11.5 Å². The van der Waals surface area contributed by atoms with Gasteiger partial charge in [0.1, 0.15) is 11.5 Å². The van der Waals surface area contributed by atoms with Gasteiger partial charge in [0.05, 0.1) is 26.1 Å². The van der Waals surface area contributed by atoms with E-state index in [2.05, 4.69) is 29.6 Å². The van der Waals surface area contributed by atoms with Gasteiger partial charge >= 0.3 is 0 Å². The van der Waals surface area contributed by atoms with Crippen LogP contribution in [0.5, 0.6) is 11.5 Å². The largest absolute Gasteiger partial charge is 0.497 e. The van der Waals surface area contributed by atoms with Crippen LogP contribution in [0.25, 0.3) is 0 Å². The summed E-state index contributed by atoms with van der Waals surface area (Å²) in [6.07, 6.45) is 0. The normalized spacial score (nSPS) is 21.9. The number of carbonyl (C=O) groups excluding carboxylic acids is 1. The molecule has 4 aromatic rings. The van der Waals surface area contributed by atoms with Gasteiger partial charge in [-0.15, -0.1) is 0 Å². The van der Waals surface area contributed by atoms with Crippen LogP contribution in [0.4, 0.5) is 0 Å². The molecule has 1 saturated heterocycles. The molecule has 4 atom stereocenters. The number of piperidine rings is 1. The highest BCUT2D eigenvalue weighted by atomic mass is 16.5. The minimum atomic E-state index is -0.329. The van der Waals surface area contributed by atoms with Gasteiger partial charge in [0.15, 0.2) is 5.78 Å². The summed E-state index contributed by atoms with van der Waals surface area (Å²) in [5.74, 6) is 1.14. The Kier molecular flexibility index (Phi) is 6.64. The monoisotopic (exact) mass is 463 g/mol. The molecule has 35 heavy (non-hydrogen) atoms. The number of rotatable bonds is 6. The van der Waals surface area contributed by atoms with Crippen molar-refractivity contribution in [1.29, 1.82) is 0 Å². The second-order valence-corrected chi connectivity index (χ2v) is 8.85. The van der Waals surface area contributed by atoms with Crippen molar-refractivity contribution in [2.24, 2.45) is 0 Å². The fourth-order valence-electron chi connectivity index (χ4n) is 5.14. The molecule has 4 aromatic carbocycles. The highest BCUT2D eigenvalue weighted by Gasteiger charge is 2.45. The quantitative estimate of drug-likeness (QED) is 0.368. The third-order valence-electron chi connectivity index (χ3n) is 6.91. The molecular formula is C31H29NO3. The minimum absolute atomic E-state index is 0.192. The Morgan fingerprint density at radius 2 is 0.886 bits per heavy atom. The zero-order chi connectivity index (χ0) is 24.2. The molecule has 1 aliphatic rings. The van der Waals surface area contributed by atoms with E-state index in [4.69, 9.17) is 9.47 Å². The third kappa shape index (κ3) is 4.58. The molecule has 0 spiro atoms. The fourth-order valence-corrected chi connectivity index (χ4v) is 5.14. The summed E-state index contributed by atoms with van der Waals surface area (Å²) in [4.78, 5) is 14.5. The molecule has 0 aromatic heterocycles. The van der Waals surface area contributed by atoms with Gasteiger partial charge in [0.2, 0.25) is 0 Å². The maximum Gasteiger partial charge on any atom is 0.151 e. The lowest BCUT2D eigenvalue weighted by molar-refractivity contribution is -0.125. The number of carbonyl (C=O) groups is 1. The second-order valence-electron chi connectivity index (χ2n) is 8.85. The molecule has 4 heteroatoms.